The van der Waals surface area contributed by atoms with Crippen LogP contribution in [0.25, 0.3) is 0 Å². The summed E-state index contributed by atoms with van der Waals surface area (Å²) in [4.78, 5) is 0. The van der Waals surface area contributed by atoms with Gasteiger partial charge in [0, 0.05) is 0 Å². The monoisotopic (exact) mass is 204 g/mol. The Morgan fingerprint density at radius 1 is 1.70 bits per heavy atom. The maximum absolute atomic E-state index is 7.44. The van der Waals surface area contributed by atoms with Crippen molar-refractivity contribution in [2.75, 3.05) is 12.8 Å². The molecule has 0 heterocycles. The van der Waals surface area contributed by atoms with Crippen LogP contribution in [0.2, 0.25) is 0 Å². The molecule has 1 aromatic rings. The zero-order valence-electron chi connectivity index (χ0n) is 8.36. The van der Waals surface area contributed by atoms with Crippen molar-refractivity contribution < 1.29 is 8.85 Å². The largest absolute Gasteiger partial charge is 0.493 e. The van der Waals surface area contributed by atoms with E-state index in [4.69, 9.17) is 14.6 Å². The van der Waals surface area contributed by atoms with Gasteiger partial charge in [0.15, 0.2) is 5.75 Å². The van der Waals surface area contributed by atoms with Crippen molar-refractivity contribution in [3.05, 3.63) is 22.6 Å². The summed E-state index contributed by atoms with van der Waals surface area (Å²) in [5.74, 6) is 0.242. The molecular formula is C7H8BrNO. The van der Waals surface area contributed by atoms with E-state index in [-0.39, 0.29) is 29.6 Å². The Bertz CT molecular complexity index is 327. The van der Waals surface area contributed by atoms with E-state index in [9.17, 15) is 0 Å². The number of nitrogens with two attached hydrogens (primary N) is 1. The van der Waals surface area contributed by atoms with Crippen molar-refractivity contribution in [1.29, 1.82) is 0 Å². The summed E-state index contributed by atoms with van der Waals surface area (Å²) in [5, 5.41) is 0. The number of ether oxygens (including phenoxy) is 1. The van der Waals surface area contributed by atoms with Crippen LogP contribution in [0.1, 0.15) is 4.11 Å². The number of anilines is 1. The Kier molecular flexibility index (Phi) is 1.24. The third kappa shape index (κ3) is 1.24. The molecule has 0 bridgehead atoms. The molecular weight excluding hydrogens is 194 g/mol. The van der Waals surface area contributed by atoms with E-state index in [0.717, 1.165) is 0 Å². The molecule has 0 aliphatic rings. The molecule has 54 valence electrons. The molecule has 0 aliphatic carbocycles. The van der Waals surface area contributed by atoms with Gasteiger partial charge >= 0.3 is 0 Å². The smallest absolute Gasteiger partial charge is 0.155 e. The van der Waals surface area contributed by atoms with Gasteiger partial charge in [0.05, 0.1) is 21.4 Å². The fraction of sp³-hybridized carbons (Fsp3) is 0.143. The van der Waals surface area contributed by atoms with E-state index in [1.807, 2.05) is 0 Å². The maximum atomic E-state index is 7.44. The Morgan fingerprint density at radius 2 is 2.40 bits per heavy atom. The first-order chi connectivity index (χ1) is 6.00. The van der Waals surface area contributed by atoms with Crippen LogP contribution in [-0.4, -0.2) is 7.11 Å². The topological polar surface area (TPSA) is 35.2 Å². The highest BCUT2D eigenvalue weighted by molar-refractivity contribution is 9.10. The van der Waals surface area contributed by atoms with Crippen LogP contribution in [0.5, 0.6) is 5.75 Å². The second kappa shape index (κ2) is 2.92. The van der Waals surface area contributed by atoms with Crippen molar-refractivity contribution in [3.63, 3.8) is 0 Å². The van der Waals surface area contributed by atoms with Gasteiger partial charge in [-0.15, -0.1) is 0 Å². The van der Waals surface area contributed by atoms with Crippen molar-refractivity contribution in [2.45, 2.75) is 0 Å². The first kappa shape index (κ1) is 4.23. The van der Waals surface area contributed by atoms with E-state index < -0.39 is 0 Å². The van der Waals surface area contributed by atoms with E-state index in [1.165, 1.54) is 7.11 Å². The van der Waals surface area contributed by atoms with Gasteiger partial charge in [-0.2, -0.15) is 0 Å². The molecule has 0 saturated carbocycles. The van der Waals surface area contributed by atoms with E-state index in [0.29, 0.717) is 4.47 Å². The Labute approximate surface area is 72.3 Å². The van der Waals surface area contributed by atoms with Crippen molar-refractivity contribution in [1.82, 2.24) is 0 Å². The minimum Gasteiger partial charge on any atom is -0.493 e. The number of halogens is 1. The summed E-state index contributed by atoms with van der Waals surface area (Å²) in [6.45, 7) is 0. The highest BCUT2D eigenvalue weighted by Gasteiger charge is 2.00. The highest BCUT2D eigenvalue weighted by atomic mass is 79.9. The normalized spacial score (nSPS) is 13.6. The van der Waals surface area contributed by atoms with E-state index in [2.05, 4.69) is 15.9 Å². The van der Waals surface area contributed by atoms with Crippen molar-refractivity contribution in [2.24, 2.45) is 0 Å². The fourth-order valence-electron chi connectivity index (χ4n) is 0.585. The quantitative estimate of drug-likeness (QED) is 0.712. The number of para-hydroxylation sites is 1. The van der Waals surface area contributed by atoms with Crippen LogP contribution in [0.15, 0.2) is 22.6 Å². The van der Waals surface area contributed by atoms with Crippen LogP contribution in [0, 0.1) is 0 Å². The SMILES string of the molecule is [2H]c1c([2H])c(N)c(OC)c(Br)c1[2H]. The molecule has 0 aliphatic heterocycles. The summed E-state index contributed by atoms with van der Waals surface area (Å²) in [7, 11) is 1.40. The fourth-order valence-corrected chi connectivity index (χ4v) is 1.06. The summed E-state index contributed by atoms with van der Waals surface area (Å²) >= 11 is 3.08. The molecule has 1 rings (SSSR count). The molecule has 2 N–H and O–H groups in total. The summed E-state index contributed by atoms with van der Waals surface area (Å²) in [6.07, 6.45) is 0. The number of hydrogen-bond acceptors (Lipinski definition) is 2. The van der Waals surface area contributed by atoms with Crippen LogP contribution >= 0.6 is 15.9 Å². The average Bonchev–Trinajstić information content (AvgIpc) is 2.13. The van der Waals surface area contributed by atoms with Gasteiger partial charge in [-0.1, -0.05) is 6.04 Å². The second-order valence-electron chi connectivity index (χ2n) is 1.64. The zero-order valence-corrected chi connectivity index (χ0v) is 6.95. The highest BCUT2D eigenvalue weighted by Crippen LogP contribution is 2.29. The van der Waals surface area contributed by atoms with Crippen molar-refractivity contribution >= 4 is 21.6 Å². The summed E-state index contributed by atoms with van der Waals surface area (Å²) in [6, 6.07) is -0.466. The molecule has 0 radical (unpaired) electrons. The molecule has 1 aromatic carbocycles. The van der Waals surface area contributed by atoms with E-state index in [1.54, 1.807) is 0 Å². The molecule has 0 amide bonds. The molecule has 0 saturated heterocycles. The first-order valence-electron chi connectivity index (χ1n) is 4.09. The lowest BCUT2D eigenvalue weighted by atomic mass is 10.3. The predicted molar refractivity (Wildman–Crippen MR) is 45.1 cm³/mol. The second-order valence-corrected chi connectivity index (χ2v) is 2.43. The first-order valence-corrected chi connectivity index (χ1v) is 3.38. The zero-order chi connectivity index (χ0) is 10.2. The molecule has 0 unspecified atom stereocenters. The van der Waals surface area contributed by atoms with Crippen LogP contribution in [-0.2, 0) is 0 Å². The number of methoxy groups -OCH3 is 1. The molecule has 0 spiro atoms. The summed E-state index contributed by atoms with van der Waals surface area (Å²) in [5.41, 5.74) is 5.60. The molecule has 0 aromatic heterocycles. The lowest BCUT2D eigenvalue weighted by Crippen LogP contribution is -1.91. The molecule has 0 atom stereocenters. The van der Waals surface area contributed by atoms with Gasteiger partial charge in [0.1, 0.15) is 0 Å². The summed E-state index contributed by atoms with van der Waals surface area (Å²) < 4.78 is 27.4. The van der Waals surface area contributed by atoms with Gasteiger partial charge in [0.2, 0.25) is 0 Å². The standard InChI is InChI=1S/C7H8BrNO/c1-10-7-5(8)3-2-4-6(7)9/h2-4H,9H2,1H3/i2D,3D,4D. The predicted octanol–water partition coefficient (Wildman–Crippen LogP) is 2.04. The van der Waals surface area contributed by atoms with Gasteiger partial charge in [-0.25, -0.2) is 0 Å². The maximum Gasteiger partial charge on any atom is 0.155 e. The van der Waals surface area contributed by atoms with Crippen LogP contribution in [0.4, 0.5) is 5.69 Å². The lowest BCUT2D eigenvalue weighted by molar-refractivity contribution is 0.414. The van der Waals surface area contributed by atoms with Crippen molar-refractivity contribution in [3.8, 4) is 5.75 Å². The van der Waals surface area contributed by atoms with Gasteiger partial charge < -0.3 is 10.5 Å². The van der Waals surface area contributed by atoms with Gasteiger partial charge in [0.25, 0.3) is 0 Å². The van der Waals surface area contributed by atoms with Gasteiger partial charge in [-0.3, -0.25) is 0 Å². The third-order valence-corrected chi connectivity index (χ3v) is 1.58. The van der Waals surface area contributed by atoms with Gasteiger partial charge in [-0.05, 0) is 28.0 Å². The third-order valence-electron chi connectivity index (χ3n) is 1.02. The number of hydrogen-bond donors (Lipinski definition) is 1. The number of benzene rings is 1. The Hall–Kier alpha value is -0.700. The van der Waals surface area contributed by atoms with Crippen LogP contribution in [0.3, 0.4) is 0 Å². The Balaban J connectivity index is 3.56. The Morgan fingerprint density at radius 3 is 3.00 bits per heavy atom. The van der Waals surface area contributed by atoms with E-state index >= 15 is 0 Å². The molecule has 3 heteroatoms. The lowest BCUT2D eigenvalue weighted by Gasteiger charge is -2.04. The molecule has 0 fully saturated rings. The minimum absolute atomic E-state index is 0.0791. The van der Waals surface area contributed by atoms with Crippen LogP contribution < -0.4 is 10.5 Å². The number of nitrogen functional groups attached to an aromatic ring is 1. The molecule has 2 nitrogen and oxygen atoms in total. The molecule has 10 heavy (non-hydrogen) atoms. The average molecular weight is 205 g/mol. The minimum atomic E-state index is -0.204. The number of rotatable bonds is 1.